The largest absolute Gasteiger partial charge is 0.496 e. The summed E-state index contributed by atoms with van der Waals surface area (Å²) < 4.78 is 5.88. The van der Waals surface area contributed by atoms with Crippen LogP contribution in [0.5, 0.6) is 5.75 Å². The van der Waals surface area contributed by atoms with E-state index in [0.29, 0.717) is 22.9 Å². The fraction of sp³-hybridized carbons (Fsp3) is 0.217. The van der Waals surface area contributed by atoms with E-state index < -0.39 is 0 Å². The van der Waals surface area contributed by atoms with Crippen LogP contribution in [0.25, 0.3) is 22.3 Å². The van der Waals surface area contributed by atoms with Gasteiger partial charge in [0, 0.05) is 16.1 Å². The van der Waals surface area contributed by atoms with Crippen molar-refractivity contribution >= 4 is 28.6 Å². The second-order valence-electron chi connectivity index (χ2n) is 7.21. The SMILES string of the molecule is COc1c(C(C)Nc2ncnc3nc[nH]c23)cc(Cl)c(C)c1-c1cccc(CC#N)c1. The zero-order valence-electron chi connectivity index (χ0n) is 17.4. The van der Waals surface area contributed by atoms with Crippen LogP contribution in [-0.4, -0.2) is 27.0 Å². The molecular formula is C23H21ClN6O. The number of benzene rings is 2. The van der Waals surface area contributed by atoms with Gasteiger partial charge >= 0.3 is 0 Å². The number of aromatic amines is 1. The maximum Gasteiger partial charge on any atom is 0.182 e. The number of imidazole rings is 1. The highest BCUT2D eigenvalue weighted by Crippen LogP contribution is 2.43. The highest BCUT2D eigenvalue weighted by atomic mass is 35.5. The van der Waals surface area contributed by atoms with E-state index in [1.54, 1.807) is 13.4 Å². The first kappa shape index (κ1) is 20.6. The maximum atomic E-state index is 9.08. The first-order valence-electron chi connectivity index (χ1n) is 9.77. The Kier molecular flexibility index (Phi) is 5.74. The molecule has 4 rings (SSSR count). The summed E-state index contributed by atoms with van der Waals surface area (Å²) >= 11 is 6.65. The Hall–Kier alpha value is -3.63. The molecule has 0 saturated heterocycles. The van der Waals surface area contributed by atoms with E-state index in [0.717, 1.165) is 39.1 Å². The van der Waals surface area contributed by atoms with Gasteiger partial charge in [0.25, 0.3) is 0 Å². The number of halogens is 1. The summed E-state index contributed by atoms with van der Waals surface area (Å²) in [6, 6.07) is 11.8. The van der Waals surface area contributed by atoms with Crippen LogP contribution in [0.15, 0.2) is 43.0 Å². The van der Waals surface area contributed by atoms with Gasteiger partial charge in [-0.3, -0.25) is 0 Å². The summed E-state index contributed by atoms with van der Waals surface area (Å²) in [4.78, 5) is 15.8. The van der Waals surface area contributed by atoms with Crippen LogP contribution in [0.2, 0.25) is 5.02 Å². The van der Waals surface area contributed by atoms with E-state index in [2.05, 4.69) is 31.3 Å². The van der Waals surface area contributed by atoms with Crippen LogP contribution < -0.4 is 10.1 Å². The highest BCUT2D eigenvalue weighted by molar-refractivity contribution is 6.32. The fourth-order valence-electron chi connectivity index (χ4n) is 3.72. The van der Waals surface area contributed by atoms with Crippen molar-refractivity contribution < 1.29 is 4.74 Å². The zero-order valence-corrected chi connectivity index (χ0v) is 18.2. The predicted molar refractivity (Wildman–Crippen MR) is 121 cm³/mol. The molecule has 31 heavy (non-hydrogen) atoms. The average Bonchev–Trinajstić information content (AvgIpc) is 3.25. The molecule has 2 N–H and O–H groups in total. The van der Waals surface area contributed by atoms with E-state index in [4.69, 9.17) is 21.6 Å². The molecular weight excluding hydrogens is 412 g/mol. The molecule has 0 fully saturated rings. The average molecular weight is 433 g/mol. The molecule has 0 radical (unpaired) electrons. The number of aromatic nitrogens is 4. The lowest BCUT2D eigenvalue weighted by Crippen LogP contribution is -2.11. The van der Waals surface area contributed by atoms with Gasteiger partial charge in [-0.1, -0.05) is 29.8 Å². The topological polar surface area (TPSA) is 99.5 Å². The maximum absolute atomic E-state index is 9.08. The Morgan fingerprint density at radius 2 is 2.10 bits per heavy atom. The number of hydrogen-bond donors (Lipinski definition) is 2. The molecule has 0 spiro atoms. The van der Waals surface area contributed by atoms with Gasteiger partial charge in [0.05, 0.1) is 32.0 Å². The quantitative estimate of drug-likeness (QED) is 0.432. The van der Waals surface area contributed by atoms with Crippen LogP contribution in [-0.2, 0) is 6.42 Å². The van der Waals surface area contributed by atoms with Crippen molar-refractivity contribution in [2.45, 2.75) is 26.3 Å². The molecule has 0 aliphatic carbocycles. The van der Waals surface area contributed by atoms with E-state index in [1.165, 1.54) is 6.33 Å². The molecule has 7 nitrogen and oxygen atoms in total. The molecule has 0 aliphatic heterocycles. The third-order valence-electron chi connectivity index (χ3n) is 5.25. The molecule has 4 aromatic rings. The molecule has 2 aromatic heterocycles. The molecule has 156 valence electrons. The highest BCUT2D eigenvalue weighted by Gasteiger charge is 2.22. The van der Waals surface area contributed by atoms with E-state index in [-0.39, 0.29) is 6.04 Å². The van der Waals surface area contributed by atoms with Crippen molar-refractivity contribution in [2.75, 3.05) is 12.4 Å². The lowest BCUT2D eigenvalue weighted by atomic mass is 9.92. The third-order valence-corrected chi connectivity index (χ3v) is 5.64. The standard InChI is InChI=1S/C23H21ClN6O/c1-13-18(24)10-17(14(2)30-23-20-22(27-11-26-20)28-12-29-23)21(31-3)19(13)16-6-4-5-15(9-16)7-8-25/h4-6,9-12,14H,7H2,1-3H3,(H2,26,27,28,29,30). The third kappa shape index (κ3) is 3.90. The molecule has 1 atom stereocenters. The summed E-state index contributed by atoms with van der Waals surface area (Å²) in [7, 11) is 1.65. The fourth-order valence-corrected chi connectivity index (χ4v) is 3.93. The lowest BCUT2D eigenvalue weighted by molar-refractivity contribution is 0.409. The van der Waals surface area contributed by atoms with Crippen molar-refractivity contribution in [1.29, 1.82) is 5.26 Å². The van der Waals surface area contributed by atoms with Gasteiger partial charge in [-0.25, -0.2) is 15.0 Å². The number of fused-ring (bicyclic) bond motifs is 1. The number of ether oxygens (including phenoxy) is 1. The number of nitrogens with zero attached hydrogens (tertiary/aromatic N) is 4. The molecule has 0 bridgehead atoms. The number of anilines is 1. The summed E-state index contributed by atoms with van der Waals surface area (Å²) in [6.07, 6.45) is 3.41. The van der Waals surface area contributed by atoms with Gasteiger partial charge < -0.3 is 15.0 Å². The van der Waals surface area contributed by atoms with Crippen LogP contribution in [0.1, 0.15) is 29.7 Å². The van der Waals surface area contributed by atoms with Crippen LogP contribution in [0.3, 0.4) is 0 Å². The van der Waals surface area contributed by atoms with Gasteiger partial charge in [-0.05, 0) is 42.7 Å². The van der Waals surface area contributed by atoms with Gasteiger partial charge in [0.2, 0.25) is 0 Å². The Morgan fingerprint density at radius 1 is 1.26 bits per heavy atom. The van der Waals surface area contributed by atoms with Gasteiger partial charge in [0.1, 0.15) is 17.6 Å². The van der Waals surface area contributed by atoms with Crippen LogP contribution >= 0.6 is 11.6 Å². The molecule has 0 amide bonds. The van der Waals surface area contributed by atoms with E-state index in [1.807, 2.05) is 44.2 Å². The monoisotopic (exact) mass is 432 g/mol. The van der Waals surface area contributed by atoms with Gasteiger partial charge in [-0.2, -0.15) is 5.26 Å². The molecule has 2 heterocycles. The van der Waals surface area contributed by atoms with Crippen molar-refractivity contribution in [2.24, 2.45) is 0 Å². The van der Waals surface area contributed by atoms with Crippen molar-refractivity contribution in [1.82, 2.24) is 19.9 Å². The van der Waals surface area contributed by atoms with Crippen molar-refractivity contribution in [3.8, 4) is 22.9 Å². The van der Waals surface area contributed by atoms with E-state index in [9.17, 15) is 0 Å². The molecule has 0 saturated carbocycles. The molecule has 0 aliphatic rings. The lowest BCUT2D eigenvalue weighted by Gasteiger charge is -2.23. The predicted octanol–water partition coefficient (Wildman–Crippen LogP) is 5.23. The summed E-state index contributed by atoms with van der Waals surface area (Å²) in [5, 5.41) is 13.1. The summed E-state index contributed by atoms with van der Waals surface area (Å²) in [5.74, 6) is 1.37. The zero-order chi connectivity index (χ0) is 22.0. The number of rotatable bonds is 6. The molecule has 8 heteroatoms. The number of hydrogen-bond acceptors (Lipinski definition) is 6. The van der Waals surface area contributed by atoms with Gasteiger partial charge in [0.15, 0.2) is 11.5 Å². The summed E-state index contributed by atoms with van der Waals surface area (Å²) in [6.45, 7) is 3.99. The van der Waals surface area contributed by atoms with Crippen LogP contribution in [0.4, 0.5) is 5.82 Å². The number of methoxy groups -OCH3 is 1. The second-order valence-corrected chi connectivity index (χ2v) is 7.61. The Labute approximate surface area is 185 Å². The van der Waals surface area contributed by atoms with Crippen molar-refractivity contribution in [3.05, 3.63) is 64.7 Å². The van der Waals surface area contributed by atoms with E-state index >= 15 is 0 Å². The minimum atomic E-state index is -0.171. The summed E-state index contributed by atoms with van der Waals surface area (Å²) in [5.41, 5.74) is 5.94. The number of nitriles is 1. The number of H-pyrrole nitrogens is 1. The first-order valence-corrected chi connectivity index (χ1v) is 10.1. The van der Waals surface area contributed by atoms with Crippen molar-refractivity contribution in [3.63, 3.8) is 0 Å². The minimum Gasteiger partial charge on any atom is -0.496 e. The van der Waals surface area contributed by atoms with Crippen LogP contribution in [0, 0.1) is 18.3 Å². The first-order chi connectivity index (χ1) is 15.0. The molecule has 1 unspecified atom stereocenters. The normalized spacial score (nSPS) is 11.8. The van der Waals surface area contributed by atoms with Gasteiger partial charge in [-0.15, -0.1) is 0 Å². The minimum absolute atomic E-state index is 0.171. The molecule has 2 aromatic carbocycles. The Bertz CT molecular complexity index is 1290. The Balaban J connectivity index is 1.81. The number of nitrogens with one attached hydrogen (secondary N) is 2. The Morgan fingerprint density at radius 3 is 2.87 bits per heavy atom. The second kappa shape index (κ2) is 8.62. The smallest absolute Gasteiger partial charge is 0.182 e.